The van der Waals surface area contributed by atoms with E-state index in [4.69, 9.17) is 4.74 Å². The second-order valence-electron chi connectivity index (χ2n) is 8.57. The van der Waals surface area contributed by atoms with Crippen molar-refractivity contribution in [3.63, 3.8) is 0 Å². The van der Waals surface area contributed by atoms with E-state index in [2.05, 4.69) is 22.4 Å². The molecule has 0 bridgehead atoms. The van der Waals surface area contributed by atoms with Gasteiger partial charge in [-0.1, -0.05) is 36.4 Å². The van der Waals surface area contributed by atoms with E-state index in [1.807, 2.05) is 30.3 Å². The SMILES string of the molecule is O=C(Nc1c[nH]c2ccc(OCCc3ccc(C(F)(F)F)cc3)cc12)N1CCc2ccccc2C1. The summed E-state index contributed by atoms with van der Waals surface area (Å²) < 4.78 is 44.0. The molecule has 2 N–H and O–H groups in total. The highest BCUT2D eigenvalue weighted by atomic mass is 19.4. The Balaban J connectivity index is 1.21. The van der Waals surface area contributed by atoms with Gasteiger partial charge in [-0.2, -0.15) is 13.2 Å². The summed E-state index contributed by atoms with van der Waals surface area (Å²) in [5.74, 6) is 0.617. The number of rotatable bonds is 5. The summed E-state index contributed by atoms with van der Waals surface area (Å²) in [6.45, 7) is 1.54. The molecule has 1 aromatic heterocycles. The molecule has 4 aromatic rings. The molecule has 8 heteroatoms. The van der Waals surface area contributed by atoms with Crippen molar-refractivity contribution in [2.75, 3.05) is 18.5 Å². The average molecular weight is 480 g/mol. The average Bonchev–Trinajstić information content (AvgIpc) is 3.25. The highest BCUT2D eigenvalue weighted by molar-refractivity contribution is 6.01. The first-order valence-corrected chi connectivity index (χ1v) is 11.4. The van der Waals surface area contributed by atoms with E-state index in [1.54, 1.807) is 11.1 Å². The second kappa shape index (κ2) is 9.37. The maximum absolute atomic E-state index is 12.9. The molecule has 0 saturated heterocycles. The van der Waals surface area contributed by atoms with Gasteiger partial charge >= 0.3 is 12.2 Å². The van der Waals surface area contributed by atoms with E-state index in [1.165, 1.54) is 17.7 Å². The van der Waals surface area contributed by atoms with Gasteiger partial charge in [-0.05, 0) is 53.4 Å². The minimum absolute atomic E-state index is 0.158. The van der Waals surface area contributed by atoms with E-state index in [0.29, 0.717) is 37.6 Å². The number of aromatic amines is 1. The lowest BCUT2D eigenvalue weighted by molar-refractivity contribution is -0.137. The number of aromatic nitrogens is 1. The third-order valence-corrected chi connectivity index (χ3v) is 6.25. The van der Waals surface area contributed by atoms with Crippen molar-refractivity contribution in [2.24, 2.45) is 0 Å². The number of anilines is 1. The molecule has 0 unspecified atom stereocenters. The molecular weight excluding hydrogens is 455 g/mol. The normalized spacial score (nSPS) is 13.5. The van der Waals surface area contributed by atoms with E-state index in [0.717, 1.165) is 40.6 Å². The smallest absolute Gasteiger partial charge is 0.416 e. The van der Waals surface area contributed by atoms with Crippen LogP contribution in [-0.2, 0) is 25.6 Å². The molecule has 0 atom stereocenters. The zero-order chi connectivity index (χ0) is 24.4. The van der Waals surface area contributed by atoms with Crippen LogP contribution in [0.2, 0.25) is 0 Å². The summed E-state index contributed by atoms with van der Waals surface area (Å²) in [6, 6.07) is 18.6. The van der Waals surface area contributed by atoms with E-state index >= 15 is 0 Å². The fourth-order valence-corrected chi connectivity index (χ4v) is 4.30. The Morgan fingerprint density at radius 2 is 1.80 bits per heavy atom. The number of amides is 2. The number of alkyl halides is 3. The first-order valence-electron chi connectivity index (χ1n) is 11.4. The minimum atomic E-state index is -4.34. The van der Waals surface area contributed by atoms with Crippen molar-refractivity contribution >= 4 is 22.6 Å². The molecule has 3 aromatic carbocycles. The van der Waals surface area contributed by atoms with Gasteiger partial charge in [-0.25, -0.2) is 4.79 Å². The highest BCUT2D eigenvalue weighted by Crippen LogP contribution is 2.30. The molecule has 0 spiro atoms. The molecule has 1 aliphatic rings. The molecule has 1 aliphatic heterocycles. The Kier molecular flexibility index (Phi) is 6.11. The van der Waals surface area contributed by atoms with Gasteiger partial charge in [-0.15, -0.1) is 0 Å². The van der Waals surface area contributed by atoms with Crippen molar-refractivity contribution in [3.05, 3.63) is 95.2 Å². The maximum Gasteiger partial charge on any atom is 0.416 e. The summed E-state index contributed by atoms with van der Waals surface area (Å²) in [5, 5.41) is 3.82. The third kappa shape index (κ3) is 5.11. The van der Waals surface area contributed by atoms with Crippen molar-refractivity contribution in [1.82, 2.24) is 9.88 Å². The van der Waals surface area contributed by atoms with Crippen LogP contribution in [0.1, 0.15) is 22.3 Å². The minimum Gasteiger partial charge on any atom is -0.493 e. The van der Waals surface area contributed by atoms with Crippen LogP contribution in [0.3, 0.4) is 0 Å². The van der Waals surface area contributed by atoms with Crippen LogP contribution in [0.4, 0.5) is 23.7 Å². The van der Waals surface area contributed by atoms with E-state index in [-0.39, 0.29) is 6.03 Å². The van der Waals surface area contributed by atoms with E-state index in [9.17, 15) is 18.0 Å². The number of ether oxygens (including phenoxy) is 1. The molecule has 5 rings (SSSR count). The van der Waals surface area contributed by atoms with Crippen molar-refractivity contribution in [1.29, 1.82) is 0 Å². The van der Waals surface area contributed by atoms with Crippen molar-refractivity contribution in [2.45, 2.75) is 25.6 Å². The fraction of sp³-hybridized carbons (Fsp3) is 0.222. The Hall–Kier alpha value is -3.94. The van der Waals surface area contributed by atoms with E-state index < -0.39 is 11.7 Å². The van der Waals surface area contributed by atoms with Gasteiger partial charge in [0.05, 0.1) is 17.9 Å². The Morgan fingerprint density at radius 1 is 1.03 bits per heavy atom. The lowest BCUT2D eigenvalue weighted by atomic mass is 10.0. The Morgan fingerprint density at radius 3 is 2.57 bits per heavy atom. The number of nitrogens with zero attached hydrogens (tertiary/aromatic N) is 1. The summed E-state index contributed by atoms with van der Waals surface area (Å²) in [7, 11) is 0. The van der Waals surface area contributed by atoms with Gasteiger partial charge in [0.1, 0.15) is 5.75 Å². The molecule has 0 fully saturated rings. The number of fused-ring (bicyclic) bond motifs is 2. The number of H-pyrrole nitrogens is 1. The van der Waals surface area contributed by atoms with Gasteiger partial charge in [0.25, 0.3) is 0 Å². The van der Waals surface area contributed by atoms with Gasteiger partial charge in [-0.3, -0.25) is 0 Å². The Bertz CT molecular complexity index is 1350. The van der Waals surface area contributed by atoms with Crippen LogP contribution >= 0.6 is 0 Å². The molecule has 0 aliphatic carbocycles. The molecular formula is C27H24F3N3O2. The number of nitrogens with one attached hydrogen (secondary N) is 2. The maximum atomic E-state index is 12.9. The summed E-state index contributed by atoms with van der Waals surface area (Å²) >= 11 is 0. The van der Waals surface area contributed by atoms with Gasteiger partial charge in [0, 0.05) is 36.6 Å². The first-order chi connectivity index (χ1) is 16.9. The quantitative estimate of drug-likeness (QED) is 0.348. The lowest BCUT2D eigenvalue weighted by Gasteiger charge is -2.28. The van der Waals surface area contributed by atoms with Gasteiger partial charge in [0.15, 0.2) is 0 Å². The number of urea groups is 1. The summed E-state index contributed by atoms with van der Waals surface area (Å²) in [6.07, 6.45) is -1.28. The molecule has 35 heavy (non-hydrogen) atoms. The fourth-order valence-electron chi connectivity index (χ4n) is 4.30. The molecule has 2 amide bonds. The summed E-state index contributed by atoms with van der Waals surface area (Å²) in [4.78, 5) is 17.9. The predicted molar refractivity (Wildman–Crippen MR) is 129 cm³/mol. The molecule has 0 radical (unpaired) electrons. The molecule has 2 heterocycles. The highest BCUT2D eigenvalue weighted by Gasteiger charge is 2.29. The zero-order valence-electron chi connectivity index (χ0n) is 18.9. The van der Waals surface area contributed by atoms with Crippen LogP contribution in [0, 0.1) is 0 Å². The molecule has 5 nitrogen and oxygen atoms in total. The zero-order valence-corrected chi connectivity index (χ0v) is 18.9. The largest absolute Gasteiger partial charge is 0.493 e. The number of carbonyl (C=O) groups excluding carboxylic acids is 1. The Labute approximate surface area is 200 Å². The van der Waals surface area contributed by atoms with Crippen molar-refractivity contribution < 1.29 is 22.7 Å². The monoisotopic (exact) mass is 479 g/mol. The number of hydrogen-bond donors (Lipinski definition) is 2. The first kappa shape index (κ1) is 22.8. The van der Waals surface area contributed by atoms with Crippen LogP contribution in [0.5, 0.6) is 5.75 Å². The van der Waals surface area contributed by atoms with Crippen LogP contribution in [0.25, 0.3) is 10.9 Å². The van der Waals surface area contributed by atoms with Crippen LogP contribution < -0.4 is 10.1 Å². The second-order valence-corrected chi connectivity index (χ2v) is 8.57. The number of benzene rings is 3. The number of hydrogen-bond acceptors (Lipinski definition) is 2. The molecule has 0 saturated carbocycles. The standard InChI is InChI=1S/C27H24F3N3O2/c28-27(29,30)21-7-5-18(6-8-21)12-14-35-22-9-10-24-23(15-22)25(16-31-24)32-26(34)33-13-11-19-3-1-2-4-20(19)17-33/h1-10,15-16,31H,11-14,17H2,(H,32,34). The van der Waals surface area contributed by atoms with Crippen molar-refractivity contribution in [3.8, 4) is 5.75 Å². The summed E-state index contributed by atoms with van der Waals surface area (Å²) in [5.41, 5.74) is 4.06. The van der Waals surface area contributed by atoms with Gasteiger partial charge in [0.2, 0.25) is 0 Å². The van der Waals surface area contributed by atoms with Crippen LogP contribution in [-0.4, -0.2) is 29.1 Å². The third-order valence-electron chi connectivity index (χ3n) is 6.25. The number of carbonyl (C=O) groups is 1. The number of halogens is 3. The van der Waals surface area contributed by atoms with Crippen LogP contribution in [0.15, 0.2) is 72.9 Å². The van der Waals surface area contributed by atoms with Gasteiger partial charge < -0.3 is 19.9 Å². The predicted octanol–water partition coefficient (Wildman–Crippen LogP) is 6.40. The molecule has 180 valence electrons. The topological polar surface area (TPSA) is 57.4 Å². The lowest BCUT2D eigenvalue weighted by Crippen LogP contribution is -2.38.